The van der Waals surface area contributed by atoms with E-state index in [2.05, 4.69) is 21.9 Å². The van der Waals surface area contributed by atoms with Crippen molar-refractivity contribution in [2.45, 2.75) is 32.3 Å². The van der Waals surface area contributed by atoms with Gasteiger partial charge in [0.15, 0.2) is 5.96 Å². The first-order valence-corrected chi connectivity index (χ1v) is 9.44. The Morgan fingerprint density at radius 2 is 2.12 bits per heavy atom. The standard InChI is InChI=1S/C17H28FN3OS.HI/c1-4-15(22-16-9-7-8-14(18)12-16)13-21-17(19-2)20-10-5-6-11-23-3;/h7-9,12,15H,4-6,10-11,13H2,1-3H3,(H2,19,20,21);1H. The second-order valence-corrected chi connectivity index (χ2v) is 6.17. The molecule has 0 aliphatic carbocycles. The number of hydrogen-bond donors (Lipinski definition) is 2. The summed E-state index contributed by atoms with van der Waals surface area (Å²) in [5.74, 6) is 2.23. The molecule has 0 aromatic heterocycles. The van der Waals surface area contributed by atoms with Crippen LogP contribution in [0.1, 0.15) is 26.2 Å². The second-order valence-electron chi connectivity index (χ2n) is 5.19. The van der Waals surface area contributed by atoms with Crippen LogP contribution in [-0.2, 0) is 0 Å². The summed E-state index contributed by atoms with van der Waals surface area (Å²) in [6, 6.07) is 6.24. The van der Waals surface area contributed by atoms with Crippen molar-refractivity contribution in [2.75, 3.05) is 32.1 Å². The van der Waals surface area contributed by atoms with Gasteiger partial charge in [0, 0.05) is 19.7 Å². The van der Waals surface area contributed by atoms with Crippen LogP contribution < -0.4 is 15.4 Å². The molecular formula is C17H29FIN3OS. The molecule has 0 saturated carbocycles. The number of unbranched alkanes of at least 4 members (excludes halogenated alkanes) is 1. The molecule has 1 rings (SSSR count). The lowest BCUT2D eigenvalue weighted by atomic mass is 10.2. The molecule has 0 radical (unpaired) electrons. The van der Waals surface area contributed by atoms with E-state index in [-0.39, 0.29) is 35.9 Å². The number of aliphatic imine (C=N–C) groups is 1. The van der Waals surface area contributed by atoms with Crippen molar-refractivity contribution in [2.24, 2.45) is 4.99 Å². The van der Waals surface area contributed by atoms with E-state index in [1.54, 1.807) is 19.2 Å². The Morgan fingerprint density at radius 3 is 2.75 bits per heavy atom. The zero-order valence-corrected chi connectivity index (χ0v) is 17.8. The highest BCUT2D eigenvalue weighted by molar-refractivity contribution is 14.0. The van der Waals surface area contributed by atoms with Crippen LogP contribution in [0.3, 0.4) is 0 Å². The van der Waals surface area contributed by atoms with E-state index >= 15 is 0 Å². The molecule has 0 heterocycles. The molecule has 0 spiro atoms. The molecule has 138 valence electrons. The van der Waals surface area contributed by atoms with Crippen molar-refractivity contribution < 1.29 is 9.13 Å². The summed E-state index contributed by atoms with van der Waals surface area (Å²) in [6.45, 7) is 3.57. The fraction of sp³-hybridized carbons (Fsp3) is 0.588. The highest BCUT2D eigenvalue weighted by Crippen LogP contribution is 2.14. The van der Waals surface area contributed by atoms with Crippen LogP contribution in [0, 0.1) is 5.82 Å². The SMILES string of the molecule is CCC(CNC(=NC)NCCCCSC)Oc1cccc(F)c1.I. The quantitative estimate of drug-likeness (QED) is 0.236. The zero-order chi connectivity index (χ0) is 16.9. The predicted octanol–water partition coefficient (Wildman–Crippen LogP) is 3.91. The van der Waals surface area contributed by atoms with E-state index in [4.69, 9.17) is 4.74 Å². The third-order valence-corrected chi connectivity index (χ3v) is 4.04. The van der Waals surface area contributed by atoms with E-state index in [0.717, 1.165) is 25.3 Å². The first kappa shape index (κ1) is 23.3. The lowest BCUT2D eigenvalue weighted by Gasteiger charge is -2.20. The van der Waals surface area contributed by atoms with E-state index in [9.17, 15) is 4.39 Å². The topological polar surface area (TPSA) is 45.7 Å². The average Bonchev–Trinajstić information content (AvgIpc) is 2.56. The molecule has 1 aromatic rings. The molecule has 4 nitrogen and oxygen atoms in total. The van der Waals surface area contributed by atoms with Gasteiger partial charge in [-0.2, -0.15) is 11.8 Å². The minimum Gasteiger partial charge on any atom is -0.489 e. The van der Waals surface area contributed by atoms with Crippen molar-refractivity contribution in [3.05, 3.63) is 30.1 Å². The van der Waals surface area contributed by atoms with Gasteiger partial charge in [0.1, 0.15) is 17.7 Å². The average molecular weight is 469 g/mol. The largest absolute Gasteiger partial charge is 0.489 e. The van der Waals surface area contributed by atoms with Gasteiger partial charge in [0.25, 0.3) is 0 Å². The van der Waals surface area contributed by atoms with Gasteiger partial charge in [-0.1, -0.05) is 13.0 Å². The molecule has 0 bridgehead atoms. The Hall–Kier alpha value is -0.700. The molecule has 0 aliphatic heterocycles. The Morgan fingerprint density at radius 1 is 1.33 bits per heavy atom. The van der Waals surface area contributed by atoms with Gasteiger partial charge >= 0.3 is 0 Å². The van der Waals surface area contributed by atoms with Gasteiger partial charge in [-0.25, -0.2) is 4.39 Å². The van der Waals surface area contributed by atoms with Gasteiger partial charge in [-0.15, -0.1) is 24.0 Å². The maximum atomic E-state index is 13.2. The summed E-state index contributed by atoms with van der Waals surface area (Å²) in [7, 11) is 1.76. The lowest BCUT2D eigenvalue weighted by Crippen LogP contribution is -2.42. The summed E-state index contributed by atoms with van der Waals surface area (Å²) in [6.07, 6.45) is 5.24. The number of thioether (sulfide) groups is 1. The molecule has 1 aromatic carbocycles. The Bertz CT molecular complexity index is 477. The monoisotopic (exact) mass is 469 g/mol. The summed E-state index contributed by atoms with van der Waals surface area (Å²) in [4.78, 5) is 4.21. The fourth-order valence-corrected chi connectivity index (χ4v) is 2.50. The van der Waals surface area contributed by atoms with E-state index < -0.39 is 0 Å². The van der Waals surface area contributed by atoms with Crippen molar-refractivity contribution in [3.8, 4) is 5.75 Å². The third-order valence-electron chi connectivity index (χ3n) is 3.34. The smallest absolute Gasteiger partial charge is 0.191 e. The number of halogens is 2. The van der Waals surface area contributed by atoms with Crippen molar-refractivity contribution in [1.82, 2.24) is 10.6 Å². The third kappa shape index (κ3) is 10.2. The van der Waals surface area contributed by atoms with Crippen LogP contribution in [-0.4, -0.2) is 44.2 Å². The molecule has 2 N–H and O–H groups in total. The van der Waals surface area contributed by atoms with Crippen molar-refractivity contribution >= 4 is 41.7 Å². The number of benzene rings is 1. The molecule has 7 heteroatoms. The number of nitrogens with zero attached hydrogens (tertiary/aromatic N) is 1. The van der Waals surface area contributed by atoms with Crippen molar-refractivity contribution in [3.63, 3.8) is 0 Å². The number of guanidine groups is 1. The van der Waals surface area contributed by atoms with E-state index in [1.165, 1.54) is 24.3 Å². The summed E-state index contributed by atoms with van der Waals surface area (Å²) < 4.78 is 19.0. The predicted molar refractivity (Wildman–Crippen MR) is 114 cm³/mol. The minimum absolute atomic E-state index is 0. The van der Waals surface area contributed by atoms with Crippen molar-refractivity contribution in [1.29, 1.82) is 0 Å². The van der Waals surface area contributed by atoms with E-state index in [0.29, 0.717) is 12.3 Å². The first-order chi connectivity index (χ1) is 11.2. The van der Waals surface area contributed by atoms with Crippen LogP contribution in [0.25, 0.3) is 0 Å². The summed E-state index contributed by atoms with van der Waals surface area (Å²) in [5.41, 5.74) is 0. The molecule has 1 unspecified atom stereocenters. The Labute approximate surface area is 166 Å². The molecular weight excluding hydrogens is 440 g/mol. The van der Waals surface area contributed by atoms with Crippen LogP contribution in [0.4, 0.5) is 4.39 Å². The summed E-state index contributed by atoms with van der Waals surface area (Å²) in [5, 5.41) is 6.56. The maximum Gasteiger partial charge on any atom is 0.191 e. The van der Waals surface area contributed by atoms with E-state index in [1.807, 2.05) is 18.7 Å². The van der Waals surface area contributed by atoms with Crippen LogP contribution >= 0.6 is 35.7 Å². The molecule has 1 atom stereocenters. The van der Waals surface area contributed by atoms with Gasteiger partial charge in [-0.05, 0) is 43.4 Å². The highest BCUT2D eigenvalue weighted by Gasteiger charge is 2.09. The highest BCUT2D eigenvalue weighted by atomic mass is 127. The number of ether oxygens (including phenoxy) is 1. The maximum absolute atomic E-state index is 13.2. The second kappa shape index (κ2) is 14.6. The molecule has 0 fully saturated rings. The molecule has 0 saturated heterocycles. The zero-order valence-electron chi connectivity index (χ0n) is 14.7. The molecule has 0 aliphatic rings. The van der Waals surface area contributed by atoms with Gasteiger partial charge < -0.3 is 15.4 Å². The number of nitrogens with one attached hydrogen (secondary N) is 2. The number of rotatable bonds is 10. The minimum atomic E-state index is -0.284. The van der Waals surface area contributed by atoms with Crippen LogP contribution in [0.15, 0.2) is 29.3 Å². The number of hydrogen-bond acceptors (Lipinski definition) is 3. The van der Waals surface area contributed by atoms with Gasteiger partial charge in [0.2, 0.25) is 0 Å². The molecule has 24 heavy (non-hydrogen) atoms. The first-order valence-electron chi connectivity index (χ1n) is 8.05. The lowest BCUT2D eigenvalue weighted by molar-refractivity contribution is 0.199. The van der Waals surface area contributed by atoms with Gasteiger partial charge in [0.05, 0.1) is 6.54 Å². The Kier molecular flexibility index (Phi) is 14.2. The molecule has 0 amide bonds. The van der Waals surface area contributed by atoms with Crippen LogP contribution in [0.2, 0.25) is 0 Å². The fourth-order valence-electron chi connectivity index (χ4n) is 2.01. The Balaban J connectivity index is 0.00000529. The van der Waals surface area contributed by atoms with Gasteiger partial charge in [-0.3, -0.25) is 4.99 Å². The normalized spacial score (nSPS) is 12.2. The summed E-state index contributed by atoms with van der Waals surface area (Å²) >= 11 is 1.87. The van der Waals surface area contributed by atoms with Crippen LogP contribution in [0.5, 0.6) is 5.75 Å².